The Morgan fingerprint density at radius 1 is 0.771 bits per heavy atom. The zero-order valence-electron chi connectivity index (χ0n) is 18.8. The van der Waals surface area contributed by atoms with Crippen LogP contribution in [0.4, 0.5) is 23.5 Å². The van der Waals surface area contributed by atoms with Crippen LogP contribution in [0.3, 0.4) is 0 Å². The number of amides is 2. The number of aryl methyl sites for hydroxylation is 1. The molecule has 35 heavy (non-hydrogen) atoms. The Balaban J connectivity index is 1.47. The van der Waals surface area contributed by atoms with Crippen molar-refractivity contribution in [1.82, 2.24) is 30.8 Å². The van der Waals surface area contributed by atoms with E-state index in [1.165, 1.54) is 12.4 Å². The Morgan fingerprint density at radius 3 is 2.17 bits per heavy atom. The van der Waals surface area contributed by atoms with Crippen LogP contribution in [0.5, 0.6) is 0 Å². The summed E-state index contributed by atoms with van der Waals surface area (Å²) in [5.41, 5.74) is 13.6. The molecule has 2 aromatic carbocycles. The quantitative estimate of drug-likeness (QED) is 0.234. The van der Waals surface area contributed by atoms with Gasteiger partial charge in [-0.05, 0) is 42.3 Å². The largest absolute Gasteiger partial charge is 0.324 e. The molecule has 4 aromatic rings. The lowest BCUT2D eigenvalue weighted by Crippen LogP contribution is -2.33. The minimum atomic E-state index is -0.397. The van der Waals surface area contributed by atoms with E-state index in [2.05, 4.69) is 47.0 Å². The molecule has 2 amide bonds. The molecule has 2 aromatic heterocycles. The minimum Gasteiger partial charge on any atom is -0.324 e. The van der Waals surface area contributed by atoms with Crippen molar-refractivity contribution in [3.8, 4) is 0 Å². The SMILES string of the molecule is Cc1cccc(Nc2nc(NNC(=O)Cc3ccccc3)nc(NNC(=O)c3ccncc3)n2)c1. The molecule has 11 nitrogen and oxygen atoms in total. The summed E-state index contributed by atoms with van der Waals surface area (Å²) in [6.45, 7) is 1.97. The first kappa shape index (κ1) is 23.1. The number of rotatable bonds is 9. The number of anilines is 4. The molecule has 0 unspecified atom stereocenters. The number of nitrogens with one attached hydrogen (secondary N) is 5. The topological polar surface area (TPSA) is 146 Å². The summed E-state index contributed by atoms with van der Waals surface area (Å²) in [7, 11) is 0. The second-order valence-corrected chi connectivity index (χ2v) is 7.45. The van der Waals surface area contributed by atoms with Gasteiger partial charge in [0.05, 0.1) is 6.42 Å². The van der Waals surface area contributed by atoms with E-state index < -0.39 is 5.91 Å². The van der Waals surface area contributed by atoms with Gasteiger partial charge in [-0.3, -0.25) is 36.3 Å². The number of pyridine rings is 1. The van der Waals surface area contributed by atoms with Gasteiger partial charge in [-0.1, -0.05) is 42.5 Å². The first-order chi connectivity index (χ1) is 17.0. The monoisotopic (exact) mass is 469 g/mol. The molecule has 2 heterocycles. The van der Waals surface area contributed by atoms with Crippen LogP contribution < -0.4 is 27.0 Å². The van der Waals surface area contributed by atoms with Gasteiger partial charge >= 0.3 is 0 Å². The van der Waals surface area contributed by atoms with Gasteiger partial charge in [0.2, 0.25) is 23.8 Å². The molecule has 0 fully saturated rings. The average molecular weight is 470 g/mol. The number of hydrazine groups is 2. The molecule has 0 saturated carbocycles. The summed E-state index contributed by atoms with van der Waals surface area (Å²) in [6, 6.07) is 20.1. The van der Waals surface area contributed by atoms with E-state index in [4.69, 9.17) is 0 Å². The molecule has 5 N–H and O–H groups in total. The maximum atomic E-state index is 12.3. The van der Waals surface area contributed by atoms with E-state index >= 15 is 0 Å². The Morgan fingerprint density at radius 2 is 1.46 bits per heavy atom. The highest BCUT2D eigenvalue weighted by Crippen LogP contribution is 2.16. The lowest BCUT2D eigenvalue weighted by atomic mass is 10.1. The lowest BCUT2D eigenvalue weighted by molar-refractivity contribution is -0.119. The third-order valence-electron chi connectivity index (χ3n) is 4.66. The first-order valence-electron chi connectivity index (χ1n) is 10.7. The summed E-state index contributed by atoms with van der Waals surface area (Å²) in [6.07, 6.45) is 3.21. The molecule has 0 aliphatic heterocycles. The van der Waals surface area contributed by atoms with Gasteiger partial charge in [0, 0.05) is 23.6 Å². The molecule has 0 bridgehead atoms. The smallest absolute Gasteiger partial charge is 0.269 e. The fraction of sp³-hybridized carbons (Fsp3) is 0.0833. The van der Waals surface area contributed by atoms with E-state index in [0.29, 0.717) is 5.56 Å². The summed E-state index contributed by atoms with van der Waals surface area (Å²) in [4.78, 5) is 41.4. The van der Waals surface area contributed by atoms with Crippen LogP contribution in [-0.2, 0) is 11.2 Å². The van der Waals surface area contributed by atoms with Crippen LogP contribution in [0.15, 0.2) is 79.1 Å². The summed E-state index contributed by atoms with van der Waals surface area (Å²) in [5.74, 6) is -0.349. The predicted molar refractivity (Wildman–Crippen MR) is 132 cm³/mol. The van der Waals surface area contributed by atoms with Crippen molar-refractivity contribution in [2.24, 2.45) is 0 Å². The van der Waals surface area contributed by atoms with Crippen molar-refractivity contribution in [3.63, 3.8) is 0 Å². The second kappa shape index (κ2) is 11.2. The molecule has 0 aliphatic carbocycles. The maximum absolute atomic E-state index is 12.3. The van der Waals surface area contributed by atoms with Crippen LogP contribution in [0, 0.1) is 6.92 Å². The molecular weight excluding hydrogens is 446 g/mol. The van der Waals surface area contributed by atoms with E-state index in [1.807, 2.05) is 61.5 Å². The summed E-state index contributed by atoms with van der Waals surface area (Å²) < 4.78 is 0. The van der Waals surface area contributed by atoms with Crippen molar-refractivity contribution < 1.29 is 9.59 Å². The van der Waals surface area contributed by atoms with Gasteiger partial charge in [0.1, 0.15) is 0 Å². The molecule has 176 valence electrons. The third kappa shape index (κ3) is 6.96. The maximum Gasteiger partial charge on any atom is 0.269 e. The van der Waals surface area contributed by atoms with Gasteiger partial charge in [0.25, 0.3) is 5.91 Å². The molecule has 0 aliphatic rings. The van der Waals surface area contributed by atoms with Crippen molar-refractivity contribution in [1.29, 1.82) is 0 Å². The van der Waals surface area contributed by atoms with Crippen molar-refractivity contribution in [2.75, 3.05) is 16.2 Å². The summed E-state index contributed by atoms with van der Waals surface area (Å²) in [5, 5.41) is 3.10. The van der Waals surface area contributed by atoms with Crippen molar-refractivity contribution >= 4 is 35.3 Å². The van der Waals surface area contributed by atoms with Crippen molar-refractivity contribution in [2.45, 2.75) is 13.3 Å². The highest BCUT2D eigenvalue weighted by molar-refractivity contribution is 5.94. The predicted octanol–water partition coefficient (Wildman–Crippen LogP) is 2.76. The van der Waals surface area contributed by atoms with Crippen LogP contribution >= 0.6 is 0 Å². The zero-order chi connectivity index (χ0) is 24.5. The number of aromatic nitrogens is 4. The van der Waals surface area contributed by atoms with Crippen LogP contribution in [-0.4, -0.2) is 31.8 Å². The number of carbonyl (C=O) groups excluding carboxylic acids is 2. The molecule has 0 saturated heterocycles. The van der Waals surface area contributed by atoms with Gasteiger partial charge in [-0.25, -0.2) is 0 Å². The van der Waals surface area contributed by atoms with E-state index in [1.54, 1.807) is 12.1 Å². The Labute approximate surface area is 201 Å². The number of benzene rings is 2. The summed E-state index contributed by atoms with van der Waals surface area (Å²) >= 11 is 0. The average Bonchev–Trinajstić information content (AvgIpc) is 2.87. The zero-order valence-corrected chi connectivity index (χ0v) is 18.8. The van der Waals surface area contributed by atoms with E-state index in [9.17, 15) is 9.59 Å². The normalized spacial score (nSPS) is 10.2. The third-order valence-corrected chi connectivity index (χ3v) is 4.66. The standard InChI is InChI=1S/C24H23N9O2/c1-16-6-5-9-19(14-16)26-22-27-23(32-30-20(34)15-17-7-3-2-4-8-17)29-24(28-22)33-31-21(35)18-10-12-25-13-11-18/h2-14H,15H2,1H3,(H,30,34)(H,31,35)(H3,26,27,28,29,32,33). The molecule has 0 atom stereocenters. The number of hydrogen-bond acceptors (Lipinski definition) is 9. The van der Waals surface area contributed by atoms with Gasteiger partial charge in [-0.2, -0.15) is 15.0 Å². The number of nitrogens with zero attached hydrogens (tertiary/aromatic N) is 4. The minimum absolute atomic E-state index is 0.0531. The van der Waals surface area contributed by atoms with Crippen LogP contribution in [0.2, 0.25) is 0 Å². The van der Waals surface area contributed by atoms with Gasteiger partial charge in [-0.15, -0.1) is 0 Å². The number of hydrogen-bond donors (Lipinski definition) is 5. The molecule has 0 radical (unpaired) electrons. The van der Waals surface area contributed by atoms with Crippen LogP contribution in [0.25, 0.3) is 0 Å². The molecule has 4 rings (SSSR count). The fourth-order valence-corrected chi connectivity index (χ4v) is 3.03. The molecular formula is C24H23N9O2. The highest BCUT2D eigenvalue weighted by atomic mass is 16.2. The first-order valence-corrected chi connectivity index (χ1v) is 10.7. The van der Waals surface area contributed by atoms with Gasteiger partial charge < -0.3 is 5.32 Å². The van der Waals surface area contributed by atoms with Gasteiger partial charge in [0.15, 0.2) is 0 Å². The Hall–Kier alpha value is -5.06. The molecule has 0 spiro atoms. The lowest BCUT2D eigenvalue weighted by Gasteiger charge is -2.13. The number of carbonyl (C=O) groups is 2. The Bertz CT molecular complexity index is 1300. The van der Waals surface area contributed by atoms with Crippen molar-refractivity contribution in [3.05, 3.63) is 95.8 Å². The van der Waals surface area contributed by atoms with E-state index in [-0.39, 0.29) is 30.2 Å². The van der Waals surface area contributed by atoms with Crippen LogP contribution in [0.1, 0.15) is 21.5 Å². The Kier molecular flexibility index (Phi) is 7.39. The highest BCUT2D eigenvalue weighted by Gasteiger charge is 2.11. The second-order valence-electron chi connectivity index (χ2n) is 7.45. The van der Waals surface area contributed by atoms with E-state index in [0.717, 1.165) is 16.8 Å². The fourth-order valence-electron chi connectivity index (χ4n) is 3.03. The molecule has 11 heteroatoms.